The zero-order valence-corrected chi connectivity index (χ0v) is 20.6. The number of carboxylic acids is 1. The molecule has 2 heterocycles. The predicted molar refractivity (Wildman–Crippen MR) is 137 cm³/mol. The minimum absolute atomic E-state index is 0.0289. The van der Waals surface area contributed by atoms with Crippen LogP contribution < -0.4 is 4.90 Å². The summed E-state index contributed by atoms with van der Waals surface area (Å²) in [4.78, 5) is 67.4. The average Bonchev–Trinajstić information content (AvgIpc) is 2.90. The van der Waals surface area contributed by atoms with Crippen LogP contribution in [0.2, 0.25) is 0 Å². The second-order valence-electron chi connectivity index (χ2n) is 9.51. The van der Waals surface area contributed by atoms with Crippen LogP contribution in [0, 0.1) is 5.92 Å². The van der Waals surface area contributed by atoms with Gasteiger partial charge in [0.25, 0.3) is 23.6 Å². The fourth-order valence-electron chi connectivity index (χ4n) is 5.25. The number of nitrogens with zero attached hydrogens (tertiary/aromatic N) is 2. The Morgan fingerprint density at radius 3 is 1.68 bits per heavy atom. The summed E-state index contributed by atoms with van der Waals surface area (Å²) in [5, 5.41) is 9.80. The second-order valence-corrected chi connectivity index (χ2v) is 9.51. The molecule has 2 aliphatic heterocycles. The summed E-state index contributed by atoms with van der Waals surface area (Å²) >= 11 is 0. The first-order valence-corrected chi connectivity index (χ1v) is 12.5. The van der Waals surface area contributed by atoms with Crippen molar-refractivity contribution in [2.45, 2.75) is 39.5 Å². The number of hydrogen-bond acceptors (Lipinski definition) is 5. The van der Waals surface area contributed by atoms with Crippen LogP contribution in [0.4, 0.5) is 5.69 Å². The molecule has 3 aromatic carbocycles. The number of benzene rings is 3. The van der Waals surface area contributed by atoms with Gasteiger partial charge in [0.2, 0.25) is 0 Å². The number of aromatic carboxylic acids is 1. The van der Waals surface area contributed by atoms with Crippen LogP contribution in [0.15, 0.2) is 48.5 Å². The molecule has 37 heavy (non-hydrogen) atoms. The lowest BCUT2D eigenvalue weighted by Crippen LogP contribution is -2.44. The first-order chi connectivity index (χ1) is 17.8. The van der Waals surface area contributed by atoms with Crippen molar-refractivity contribution in [3.8, 4) is 0 Å². The van der Waals surface area contributed by atoms with Crippen LogP contribution in [-0.4, -0.2) is 46.1 Å². The van der Waals surface area contributed by atoms with Crippen molar-refractivity contribution in [3.63, 3.8) is 0 Å². The molecule has 0 saturated heterocycles. The number of unbranched alkanes of at least 4 members (excludes halogenated alkanes) is 1. The van der Waals surface area contributed by atoms with Crippen molar-refractivity contribution in [3.05, 3.63) is 76.3 Å². The molecule has 8 heteroatoms. The number of carbonyl (C=O) groups is 5. The topological polar surface area (TPSA) is 112 Å². The van der Waals surface area contributed by atoms with Gasteiger partial charge in [0.1, 0.15) is 0 Å². The van der Waals surface area contributed by atoms with E-state index in [1.54, 1.807) is 12.1 Å². The predicted octanol–water partition coefficient (Wildman–Crippen LogP) is 5.15. The van der Waals surface area contributed by atoms with Crippen molar-refractivity contribution in [2.24, 2.45) is 5.92 Å². The Kier molecular flexibility index (Phi) is 6.11. The molecule has 5 rings (SSSR count). The maximum Gasteiger partial charge on any atom is 0.335 e. The smallest absolute Gasteiger partial charge is 0.335 e. The Hall–Kier alpha value is -4.33. The van der Waals surface area contributed by atoms with Gasteiger partial charge in [-0.25, -0.2) is 9.69 Å². The maximum atomic E-state index is 13.5. The first-order valence-electron chi connectivity index (χ1n) is 12.5. The van der Waals surface area contributed by atoms with E-state index in [0.29, 0.717) is 28.4 Å². The normalized spacial score (nSPS) is 15.5. The Labute approximate surface area is 213 Å². The number of carboxylic acid groups (broad SMARTS) is 1. The van der Waals surface area contributed by atoms with Gasteiger partial charge in [0.05, 0.1) is 11.3 Å². The maximum absolute atomic E-state index is 13.5. The average molecular weight is 499 g/mol. The number of anilines is 1. The summed E-state index contributed by atoms with van der Waals surface area (Å²) in [6, 6.07) is 11.6. The molecule has 0 fully saturated rings. The van der Waals surface area contributed by atoms with Gasteiger partial charge < -0.3 is 5.11 Å². The summed E-state index contributed by atoms with van der Waals surface area (Å²) in [5.41, 5.74) is 1.29. The third-order valence-electron chi connectivity index (χ3n) is 7.34. The quantitative estimate of drug-likeness (QED) is 0.430. The number of amides is 4. The summed E-state index contributed by atoms with van der Waals surface area (Å²) in [6.07, 6.45) is 3.84. The standard InChI is InChI=1S/C29H26N2O6/c1-3-5-6-16(4-2)15-30-25(32)19-11-13-21-24-22(14-12-20(23(19)24)26(30)33)28(35)31(27(21)34)18-9-7-17(8-10-18)29(36)37/h7-14,16H,3-6,15H2,1-2H3,(H,36,37). The number of hydrogen-bond donors (Lipinski definition) is 1. The van der Waals surface area contributed by atoms with Crippen molar-refractivity contribution in [1.29, 1.82) is 0 Å². The van der Waals surface area contributed by atoms with Crippen molar-refractivity contribution >= 4 is 46.1 Å². The van der Waals surface area contributed by atoms with Gasteiger partial charge in [0, 0.05) is 39.6 Å². The van der Waals surface area contributed by atoms with Gasteiger partial charge in [0.15, 0.2) is 0 Å². The van der Waals surface area contributed by atoms with E-state index in [9.17, 15) is 24.0 Å². The molecule has 3 aromatic rings. The van der Waals surface area contributed by atoms with Crippen LogP contribution in [0.5, 0.6) is 0 Å². The molecule has 188 valence electrons. The Morgan fingerprint density at radius 1 is 0.757 bits per heavy atom. The molecule has 0 aromatic heterocycles. The van der Waals surface area contributed by atoms with E-state index in [1.165, 1.54) is 41.3 Å². The molecule has 1 unspecified atom stereocenters. The van der Waals surface area contributed by atoms with E-state index >= 15 is 0 Å². The van der Waals surface area contributed by atoms with Crippen LogP contribution in [0.3, 0.4) is 0 Å². The highest BCUT2D eigenvalue weighted by Gasteiger charge is 2.40. The second kappa shape index (κ2) is 9.28. The van der Waals surface area contributed by atoms with E-state index in [1.807, 2.05) is 0 Å². The van der Waals surface area contributed by atoms with Gasteiger partial charge >= 0.3 is 5.97 Å². The third-order valence-corrected chi connectivity index (χ3v) is 7.34. The van der Waals surface area contributed by atoms with E-state index in [-0.39, 0.29) is 28.3 Å². The molecule has 0 spiro atoms. The molecule has 0 bridgehead atoms. The molecule has 2 aliphatic rings. The van der Waals surface area contributed by atoms with Crippen molar-refractivity contribution in [1.82, 2.24) is 4.90 Å². The fourth-order valence-corrected chi connectivity index (χ4v) is 5.25. The van der Waals surface area contributed by atoms with Gasteiger partial charge in [-0.3, -0.25) is 24.1 Å². The molecule has 4 amide bonds. The highest BCUT2D eigenvalue weighted by molar-refractivity contribution is 6.39. The molecule has 0 radical (unpaired) electrons. The molecular weight excluding hydrogens is 472 g/mol. The van der Waals surface area contributed by atoms with E-state index in [2.05, 4.69) is 13.8 Å². The molecule has 1 atom stereocenters. The van der Waals surface area contributed by atoms with E-state index in [4.69, 9.17) is 5.11 Å². The van der Waals surface area contributed by atoms with Gasteiger partial charge in [-0.05, 0) is 60.9 Å². The number of carbonyl (C=O) groups excluding carboxylic acids is 4. The lowest BCUT2D eigenvalue weighted by atomic mass is 9.85. The summed E-state index contributed by atoms with van der Waals surface area (Å²) in [6.45, 7) is 4.49. The van der Waals surface area contributed by atoms with Crippen LogP contribution in [0.1, 0.15) is 91.3 Å². The lowest BCUT2D eigenvalue weighted by molar-refractivity contribution is 0.0577. The van der Waals surface area contributed by atoms with Crippen molar-refractivity contribution in [2.75, 3.05) is 11.4 Å². The number of rotatable bonds is 8. The van der Waals surface area contributed by atoms with E-state index < -0.39 is 29.6 Å². The summed E-state index contributed by atoms with van der Waals surface area (Å²) < 4.78 is 0. The molecule has 0 aliphatic carbocycles. The Bertz CT molecular complexity index is 1420. The van der Waals surface area contributed by atoms with E-state index in [0.717, 1.165) is 30.6 Å². The fraction of sp³-hybridized carbons (Fsp3) is 0.276. The summed E-state index contributed by atoms with van der Waals surface area (Å²) in [7, 11) is 0. The lowest BCUT2D eigenvalue weighted by Gasteiger charge is -2.33. The van der Waals surface area contributed by atoms with Gasteiger partial charge in [-0.15, -0.1) is 0 Å². The molecule has 8 nitrogen and oxygen atoms in total. The Balaban J connectivity index is 1.58. The zero-order chi connectivity index (χ0) is 26.4. The highest BCUT2D eigenvalue weighted by Crippen LogP contribution is 2.39. The van der Waals surface area contributed by atoms with Gasteiger partial charge in [-0.2, -0.15) is 0 Å². The largest absolute Gasteiger partial charge is 0.478 e. The minimum Gasteiger partial charge on any atom is -0.478 e. The number of imide groups is 2. The zero-order valence-electron chi connectivity index (χ0n) is 20.6. The highest BCUT2D eigenvalue weighted by atomic mass is 16.4. The monoisotopic (exact) mass is 498 g/mol. The Morgan fingerprint density at radius 2 is 1.24 bits per heavy atom. The van der Waals surface area contributed by atoms with Crippen LogP contribution >= 0.6 is 0 Å². The molecule has 0 saturated carbocycles. The van der Waals surface area contributed by atoms with Gasteiger partial charge in [-0.1, -0.05) is 33.1 Å². The first kappa shape index (κ1) is 24.4. The van der Waals surface area contributed by atoms with Crippen molar-refractivity contribution < 1.29 is 29.1 Å². The summed E-state index contributed by atoms with van der Waals surface area (Å²) in [5.74, 6) is -2.95. The molecular formula is C29H26N2O6. The van der Waals surface area contributed by atoms with Crippen LogP contribution in [-0.2, 0) is 0 Å². The van der Waals surface area contributed by atoms with Crippen LogP contribution in [0.25, 0.3) is 10.8 Å². The SMILES string of the molecule is CCCCC(CC)CN1C(=O)c2ccc3c4c(ccc(c24)C1=O)C(=O)N(c1ccc(C(=O)O)cc1)C3=O. The third kappa shape index (κ3) is 3.80. The minimum atomic E-state index is -1.12. The molecule has 1 N–H and O–H groups in total.